The third-order valence-electron chi connectivity index (χ3n) is 3.15. The van der Waals surface area contributed by atoms with Gasteiger partial charge in [0.05, 0.1) is 6.54 Å². The van der Waals surface area contributed by atoms with Gasteiger partial charge in [0.15, 0.2) is 5.17 Å². The molecule has 2 rings (SSSR count). The summed E-state index contributed by atoms with van der Waals surface area (Å²) < 4.78 is 0. The maximum absolute atomic E-state index is 4.61. The van der Waals surface area contributed by atoms with Crippen LogP contribution >= 0.6 is 11.8 Å². The van der Waals surface area contributed by atoms with E-state index in [9.17, 15) is 0 Å². The summed E-state index contributed by atoms with van der Waals surface area (Å²) in [6.45, 7) is 7.81. The Balaban J connectivity index is 1.80. The normalized spacial score (nSPS) is 26.6. The molecule has 2 nitrogen and oxygen atoms in total. The van der Waals surface area contributed by atoms with Crippen molar-refractivity contribution in [3.05, 3.63) is 0 Å². The number of thioether (sulfide) groups is 1. The van der Waals surface area contributed by atoms with E-state index in [1.54, 1.807) is 0 Å². The van der Waals surface area contributed by atoms with Gasteiger partial charge < -0.3 is 5.32 Å². The van der Waals surface area contributed by atoms with E-state index in [4.69, 9.17) is 0 Å². The minimum absolute atomic E-state index is 0.207. The highest BCUT2D eigenvalue weighted by Gasteiger charge is 2.36. The topological polar surface area (TPSA) is 24.4 Å². The van der Waals surface area contributed by atoms with Crippen LogP contribution in [0.2, 0.25) is 0 Å². The molecule has 1 aliphatic heterocycles. The SMILES string of the molecule is CCCC(C)(C)NC1=NCC(C2CC2)S1. The zero-order chi connectivity index (χ0) is 10.9. The molecule has 0 amide bonds. The average Bonchev–Trinajstić information content (AvgIpc) is 2.88. The molecule has 0 aromatic heterocycles. The summed E-state index contributed by atoms with van der Waals surface area (Å²) in [4.78, 5) is 4.61. The summed E-state index contributed by atoms with van der Waals surface area (Å²) in [6.07, 6.45) is 5.29. The molecule has 0 aromatic carbocycles. The zero-order valence-electron chi connectivity index (χ0n) is 10.0. The Labute approximate surface area is 97.3 Å². The lowest BCUT2D eigenvalue weighted by Crippen LogP contribution is -2.41. The fourth-order valence-electron chi connectivity index (χ4n) is 2.15. The molecular weight excluding hydrogens is 204 g/mol. The largest absolute Gasteiger partial charge is 0.360 e. The van der Waals surface area contributed by atoms with Crippen molar-refractivity contribution in [2.24, 2.45) is 10.9 Å². The van der Waals surface area contributed by atoms with Crippen LogP contribution in [0.4, 0.5) is 0 Å². The van der Waals surface area contributed by atoms with Gasteiger partial charge in [-0.2, -0.15) is 0 Å². The van der Waals surface area contributed by atoms with Crippen molar-refractivity contribution in [1.29, 1.82) is 0 Å². The van der Waals surface area contributed by atoms with Crippen LogP contribution in [0.5, 0.6) is 0 Å². The van der Waals surface area contributed by atoms with Crippen molar-refractivity contribution in [2.45, 2.75) is 57.2 Å². The van der Waals surface area contributed by atoms with Crippen molar-refractivity contribution in [3.63, 3.8) is 0 Å². The monoisotopic (exact) mass is 226 g/mol. The minimum Gasteiger partial charge on any atom is -0.360 e. The maximum Gasteiger partial charge on any atom is 0.157 e. The molecule has 1 N–H and O–H groups in total. The molecule has 1 unspecified atom stereocenters. The van der Waals surface area contributed by atoms with Gasteiger partial charge in [0.1, 0.15) is 0 Å². The molecule has 0 radical (unpaired) electrons. The van der Waals surface area contributed by atoms with E-state index in [2.05, 4.69) is 31.1 Å². The number of hydrogen-bond acceptors (Lipinski definition) is 3. The van der Waals surface area contributed by atoms with Crippen LogP contribution in [0.15, 0.2) is 4.99 Å². The van der Waals surface area contributed by atoms with Crippen molar-refractivity contribution >= 4 is 16.9 Å². The van der Waals surface area contributed by atoms with E-state index in [1.165, 1.54) is 30.9 Å². The predicted octanol–water partition coefficient (Wildman–Crippen LogP) is 3.04. The first-order valence-electron chi connectivity index (χ1n) is 6.10. The van der Waals surface area contributed by atoms with Crippen LogP contribution < -0.4 is 5.32 Å². The summed E-state index contributed by atoms with van der Waals surface area (Å²) in [7, 11) is 0. The second-order valence-electron chi connectivity index (χ2n) is 5.40. The van der Waals surface area contributed by atoms with Gasteiger partial charge in [-0.3, -0.25) is 4.99 Å². The molecule has 1 heterocycles. The van der Waals surface area contributed by atoms with E-state index in [0.717, 1.165) is 17.7 Å². The number of rotatable bonds is 4. The highest BCUT2D eigenvalue weighted by atomic mass is 32.2. The second-order valence-corrected chi connectivity index (χ2v) is 6.63. The fourth-order valence-corrected chi connectivity index (χ4v) is 3.53. The van der Waals surface area contributed by atoms with Gasteiger partial charge in [-0.1, -0.05) is 25.1 Å². The molecule has 0 saturated heterocycles. The Bertz CT molecular complexity index is 256. The van der Waals surface area contributed by atoms with Crippen molar-refractivity contribution in [2.75, 3.05) is 6.54 Å². The molecule has 1 atom stereocenters. The molecule has 0 spiro atoms. The van der Waals surface area contributed by atoms with Gasteiger partial charge in [0.25, 0.3) is 0 Å². The standard InChI is InChI=1S/C12H22N2S/c1-4-7-12(2,3)14-11-13-8-10(15-11)9-5-6-9/h9-10H,4-8H2,1-3H3,(H,13,14). The number of nitrogens with zero attached hydrogens (tertiary/aromatic N) is 1. The molecular formula is C12H22N2S. The van der Waals surface area contributed by atoms with Gasteiger partial charge in [0.2, 0.25) is 0 Å². The second kappa shape index (κ2) is 4.36. The quantitative estimate of drug-likeness (QED) is 0.797. The summed E-state index contributed by atoms with van der Waals surface area (Å²) >= 11 is 1.97. The number of aliphatic imine (C=N–C) groups is 1. The van der Waals surface area contributed by atoms with E-state index in [1.807, 2.05) is 11.8 Å². The molecule has 1 aliphatic carbocycles. The van der Waals surface area contributed by atoms with Crippen molar-refractivity contribution in [3.8, 4) is 0 Å². The third kappa shape index (κ3) is 3.13. The van der Waals surface area contributed by atoms with Gasteiger partial charge >= 0.3 is 0 Å². The molecule has 2 aliphatic rings. The lowest BCUT2D eigenvalue weighted by atomic mass is 10.00. The predicted molar refractivity (Wildman–Crippen MR) is 68.5 cm³/mol. The Kier molecular flexibility index (Phi) is 3.29. The van der Waals surface area contributed by atoms with Crippen molar-refractivity contribution in [1.82, 2.24) is 5.32 Å². The highest BCUT2D eigenvalue weighted by Crippen LogP contribution is 2.41. The lowest BCUT2D eigenvalue weighted by Gasteiger charge is -2.26. The Hall–Kier alpha value is -0.180. The summed E-state index contributed by atoms with van der Waals surface area (Å²) in [5.41, 5.74) is 0.207. The Morgan fingerprint density at radius 2 is 2.20 bits per heavy atom. The smallest absolute Gasteiger partial charge is 0.157 e. The van der Waals surface area contributed by atoms with Crippen LogP contribution in [-0.2, 0) is 0 Å². The van der Waals surface area contributed by atoms with E-state index in [0.29, 0.717) is 0 Å². The van der Waals surface area contributed by atoms with Gasteiger partial charge in [-0.25, -0.2) is 0 Å². The van der Waals surface area contributed by atoms with Crippen LogP contribution in [-0.4, -0.2) is 22.5 Å². The summed E-state index contributed by atoms with van der Waals surface area (Å²) in [5, 5.41) is 5.55. The molecule has 86 valence electrons. The lowest BCUT2D eigenvalue weighted by molar-refractivity contribution is 0.423. The van der Waals surface area contributed by atoms with E-state index < -0.39 is 0 Å². The Morgan fingerprint density at radius 3 is 2.80 bits per heavy atom. The molecule has 1 fully saturated rings. The van der Waals surface area contributed by atoms with Crippen LogP contribution in [0.1, 0.15) is 46.5 Å². The molecule has 1 saturated carbocycles. The molecule has 15 heavy (non-hydrogen) atoms. The number of hydrogen-bond donors (Lipinski definition) is 1. The van der Waals surface area contributed by atoms with Crippen LogP contribution in [0.3, 0.4) is 0 Å². The van der Waals surface area contributed by atoms with Gasteiger partial charge in [-0.15, -0.1) is 0 Å². The first kappa shape index (κ1) is 11.3. The minimum atomic E-state index is 0.207. The van der Waals surface area contributed by atoms with Gasteiger partial charge in [0, 0.05) is 10.8 Å². The average molecular weight is 226 g/mol. The van der Waals surface area contributed by atoms with Crippen LogP contribution in [0, 0.1) is 5.92 Å². The summed E-state index contributed by atoms with van der Waals surface area (Å²) in [6, 6.07) is 0. The summed E-state index contributed by atoms with van der Waals surface area (Å²) in [5.74, 6) is 0.965. The van der Waals surface area contributed by atoms with Crippen molar-refractivity contribution < 1.29 is 0 Å². The zero-order valence-corrected chi connectivity index (χ0v) is 10.9. The van der Waals surface area contributed by atoms with E-state index >= 15 is 0 Å². The third-order valence-corrected chi connectivity index (χ3v) is 4.44. The maximum atomic E-state index is 4.61. The van der Waals surface area contributed by atoms with Gasteiger partial charge in [-0.05, 0) is 39.0 Å². The fraction of sp³-hybridized carbons (Fsp3) is 0.917. The first-order valence-corrected chi connectivity index (χ1v) is 6.98. The number of amidine groups is 1. The van der Waals surface area contributed by atoms with E-state index in [-0.39, 0.29) is 5.54 Å². The Morgan fingerprint density at radius 1 is 1.47 bits per heavy atom. The van der Waals surface area contributed by atoms with Crippen LogP contribution in [0.25, 0.3) is 0 Å². The molecule has 0 aromatic rings. The molecule has 0 bridgehead atoms. The number of nitrogens with one attached hydrogen (secondary N) is 1. The first-order chi connectivity index (χ1) is 7.11. The molecule has 3 heteroatoms. The highest BCUT2D eigenvalue weighted by molar-refractivity contribution is 8.14.